The van der Waals surface area contributed by atoms with Crippen LogP contribution >= 0.6 is 0 Å². The molecule has 0 aliphatic carbocycles. The molecule has 0 spiro atoms. The van der Waals surface area contributed by atoms with E-state index in [0.29, 0.717) is 31.1 Å². The molecule has 3 aromatic rings. The van der Waals surface area contributed by atoms with Crippen LogP contribution in [-0.4, -0.2) is 35.6 Å². The third-order valence-corrected chi connectivity index (χ3v) is 4.96. The van der Waals surface area contributed by atoms with E-state index < -0.39 is 0 Å². The van der Waals surface area contributed by atoms with Crippen molar-refractivity contribution in [1.29, 1.82) is 0 Å². The molecule has 4 rings (SSSR count). The van der Waals surface area contributed by atoms with Gasteiger partial charge in [-0.25, -0.2) is 9.97 Å². The van der Waals surface area contributed by atoms with Crippen LogP contribution in [0, 0.1) is 0 Å². The molecule has 1 amide bonds. The Morgan fingerprint density at radius 3 is 2.41 bits per heavy atom. The van der Waals surface area contributed by atoms with Crippen molar-refractivity contribution in [2.75, 3.05) is 19.8 Å². The van der Waals surface area contributed by atoms with Gasteiger partial charge in [0.25, 0.3) is 5.91 Å². The molecule has 148 valence electrons. The fraction of sp³-hybridized carbons (Fsp3) is 0.261. The molecule has 0 fully saturated rings. The van der Waals surface area contributed by atoms with Crippen LogP contribution in [0.5, 0.6) is 11.5 Å². The normalized spacial score (nSPS) is 13.0. The molecule has 2 heterocycles. The highest BCUT2D eigenvalue weighted by Crippen LogP contribution is 2.34. The summed E-state index contributed by atoms with van der Waals surface area (Å²) in [6, 6.07) is 15.6. The number of rotatable bonds is 5. The first-order valence-electron chi connectivity index (χ1n) is 9.59. The molecule has 0 unspecified atom stereocenters. The Labute approximate surface area is 169 Å². The van der Waals surface area contributed by atoms with Crippen LogP contribution in [0.25, 0.3) is 11.4 Å². The van der Waals surface area contributed by atoms with Gasteiger partial charge in [0, 0.05) is 29.9 Å². The molecule has 2 aromatic carbocycles. The summed E-state index contributed by atoms with van der Waals surface area (Å²) in [6.45, 7) is 5.73. The fourth-order valence-electron chi connectivity index (χ4n) is 3.15. The number of aromatic nitrogens is 2. The highest BCUT2D eigenvalue weighted by Gasteiger charge is 2.24. The van der Waals surface area contributed by atoms with E-state index in [1.807, 2.05) is 48.5 Å². The van der Waals surface area contributed by atoms with Crippen molar-refractivity contribution in [3.8, 4) is 22.9 Å². The van der Waals surface area contributed by atoms with Crippen LogP contribution in [-0.2, 0) is 5.41 Å². The lowest BCUT2D eigenvalue weighted by Gasteiger charge is -2.27. The number of nitrogens with zero attached hydrogens (tertiary/aromatic N) is 2. The van der Waals surface area contributed by atoms with E-state index in [2.05, 4.69) is 29.1 Å². The van der Waals surface area contributed by atoms with Crippen molar-refractivity contribution in [2.45, 2.75) is 19.3 Å². The van der Waals surface area contributed by atoms with E-state index in [4.69, 9.17) is 9.47 Å². The summed E-state index contributed by atoms with van der Waals surface area (Å²) in [5, 5.41) is 2.99. The smallest absolute Gasteiger partial charge is 0.254 e. The number of hydrogen-bond donors (Lipinski definition) is 1. The zero-order valence-electron chi connectivity index (χ0n) is 16.5. The van der Waals surface area contributed by atoms with Crippen molar-refractivity contribution in [1.82, 2.24) is 15.3 Å². The Hall–Kier alpha value is -3.41. The first kappa shape index (κ1) is 18.9. The van der Waals surface area contributed by atoms with E-state index in [0.717, 1.165) is 22.6 Å². The molecule has 0 atom stereocenters. The van der Waals surface area contributed by atoms with Gasteiger partial charge in [-0.05, 0) is 17.7 Å². The van der Waals surface area contributed by atoms with E-state index in [1.54, 1.807) is 12.4 Å². The number of nitrogens with one attached hydrogen (secondary N) is 1. The summed E-state index contributed by atoms with van der Waals surface area (Å²) in [5.41, 5.74) is 2.13. The summed E-state index contributed by atoms with van der Waals surface area (Å²) < 4.78 is 11.3. The van der Waals surface area contributed by atoms with Crippen LogP contribution in [0.2, 0.25) is 0 Å². The summed E-state index contributed by atoms with van der Waals surface area (Å²) in [6.07, 6.45) is 3.11. The maximum atomic E-state index is 12.6. The second kappa shape index (κ2) is 7.91. The van der Waals surface area contributed by atoms with Gasteiger partial charge in [-0.1, -0.05) is 50.2 Å². The van der Waals surface area contributed by atoms with Crippen molar-refractivity contribution < 1.29 is 14.3 Å². The minimum absolute atomic E-state index is 0.199. The van der Waals surface area contributed by atoms with Gasteiger partial charge in [-0.3, -0.25) is 4.79 Å². The molecule has 1 aliphatic heterocycles. The van der Waals surface area contributed by atoms with Gasteiger partial charge < -0.3 is 14.8 Å². The first-order chi connectivity index (χ1) is 14.0. The Balaban J connectivity index is 1.42. The number of ether oxygens (including phenoxy) is 2. The lowest BCUT2D eigenvalue weighted by atomic mass is 9.84. The van der Waals surface area contributed by atoms with E-state index >= 15 is 0 Å². The van der Waals surface area contributed by atoms with E-state index in [-0.39, 0.29) is 11.3 Å². The van der Waals surface area contributed by atoms with E-state index in [1.165, 1.54) is 0 Å². The molecule has 0 bridgehead atoms. The van der Waals surface area contributed by atoms with E-state index in [9.17, 15) is 4.79 Å². The predicted octanol–water partition coefficient (Wildman–Crippen LogP) is 3.62. The molecule has 1 aromatic heterocycles. The van der Waals surface area contributed by atoms with Crippen LogP contribution in [0.4, 0.5) is 0 Å². The van der Waals surface area contributed by atoms with Crippen LogP contribution in [0.1, 0.15) is 29.8 Å². The third kappa shape index (κ3) is 4.21. The number of amides is 1. The zero-order valence-corrected chi connectivity index (χ0v) is 16.5. The molecular weight excluding hydrogens is 366 g/mol. The molecule has 0 radical (unpaired) electrons. The molecular formula is C23H23N3O3. The van der Waals surface area contributed by atoms with Crippen molar-refractivity contribution in [3.63, 3.8) is 0 Å². The minimum Gasteiger partial charge on any atom is -0.486 e. The summed E-state index contributed by atoms with van der Waals surface area (Å²) in [4.78, 5) is 21.2. The van der Waals surface area contributed by atoms with Crippen molar-refractivity contribution in [3.05, 3.63) is 72.1 Å². The lowest BCUT2D eigenvalue weighted by molar-refractivity contribution is 0.0945. The monoisotopic (exact) mass is 389 g/mol. The van der Waals surface area contributed by atoms with Crippen LogP contribution in [0.3, 0.4) is 0 Å². The summed E-state index contributed by atoms with van der Waals surface area (Å²) in [7, 11) is 0. The molecule has 6 heteroatoms. The Kier molecular flexibility index (Phi) is 5.16. The molecule has 0 saturated carbocycles. The van der Waals surface area contributed by atoms with Crippen molar-refractivity contribution >= 4 is 5.91 Å². The molecule has 0 saturated heterocycles. The minimum atomic E-state index is -0.281. The average molecular weight is 389 g/mol. The summed E-state index contributed by atoms with van der Waals surface area (Å²) in [5.74, 6) is 1.91. The van der Waals surface area contributed by atoms with Crippen LogP contribution < -0.4 is 14.8 Å². The van der Waals surface area contributed by atoms with Gasteiger partial charge >= 0.3 is 0 Å². The van der Waals surface area contributed by atoms with Gasteiger partial charge in [-0.15, -0.1) is 0 Å². The second-order valence-corrected chi connectivity index (χ2v) is 7.59. The van der Waals surface area contributed by atoms with Gasteiger partial charge in [0.05, 0.1) is 5.56 Å². The standard InChI is InChI=1S/C23H23N3O3/c1-23(2,18-8-9-19-20(12-18)29-11-10-28-19)15-26-22(27)17-13-24-21(25-14-17)16-6-4-3-5-7-16/h3-9,12-14H,10-11,15H2,1-2H3,(H,26,27). The SMILES string of the molecule is CC(C)(CNC(=O)c1cnc(-c2ccccc2)nc1)c1ccc2c(c1)OCCO2. The van der Waals surface area contributed by atoms with Gasteiger partial charge in [0.1, 0.15) is 13.2 Å². The predicted molar refractivity (Wildman–Crippen MR) is 110 cm³/mol. The average Bonchev–Trinajstić information content (AvgIpc) is 2.78. The maximum Gasteiger partial charge on any atom is 0.254 e. The Morgan fingerprint density at radius 2 is 1.69 bits per heavy atom. The summed E-state index contributed by atoms with van der Waals surface area (Å²) >= 11 is 0. The van der Waals surface area contributed by atoms with Gasteiger partial charge in [-0.2, -0.15) is 0 Å². The number of benzene rings is 2. The highest BCUT2D eigenvalue weighted by atomic mass is 16.6. The fourth-order valence-corrected chi connectivity index (χ4v) is 3.15. The largest absolute Gasteiger partial charge is 0.486 e. The molecule has 6 nitrogen and oxygen atoms in total. The highest BCUT2D eigenvalue weighted by molar-refractivity contribution is 5.93. The topological polar surface area (TPSA) is 73.3 Å². The van der Waals surface area contributed by atoms with Crippen molar-refractivity contribution in [2.24, 2.45) is 0 Å². The molecule has 29 heavy (non-hydrogen) atoms. The Morgan fingerprint density at radius 1 is 1.00 bits per heavy atom. The number of fused-ring (bicyclic) bond motifs is 1. The zero-order chi connectivity index (χ0) is 20.3. The molecule has 1 N–H and O–H groups in total. The number of carbonyl (C=O) groups excluding carboxylic acids is 1. The lowest BCUT2D eigenvalue weighted by Crippen LogP contribution is -2.36. The van der Waals surface area contributed by atoms with Gasteiger partial charge in [0.2, 0.25) is 0 Å². The second-order valence-electron chi connectivity index (χ2n) is 7.59. The quantitative estimate of drug-likeness (QED) is 0.721. The van der Waals surface area contributed by atoms with Crippen LogP contribution in [0.15, 0.2) is 60.9 Å². The number of carbonyl (C=O) groups is 1. The Bertz CT molecular complexity index is 1000. The maximum absolute atomic E-state index is 12.6. The molecule has 1 aliphatic rings. The first-order valence-corrected chi connectivity index (χ1v) is 9.59. The van der Waals surface area contributed by atoms with Gasteiger partial charge in [0.15, 0.2) is 17.3 Å². The third-order valence-electron chi connectivity index (χ3n) is 4.96. The number of hydrogen-bond acceptors (Lipinski definition) is 5.